The standard InChI is InChI=1S/C15H21NO5/c17-13-10-20-9-11(15(13)19)8-16-14(18)6-7-21-12-4-2-1-3-5-12/h1-5,11,13,15,17,19H,6-10H2,(H,16,18)/t11-,13-,15+/m1/s1. The molecule has 0 radical (unpaired) electrons. The van der Waals surface area contributed by atoms with E-state index >= 15 is 0 Å². The van der Waals surface area contributed by atoms with Crippen LogP contribution < -0.4 is 10.1 Å². The summed E-state index contributed by atoms with van der Waals surface area (Å²) < 4.78 is 10.6. The van der Waals surface area contributed by atoms with E-state index in [1.807, 2.05) is 30.3 Å². The lowest BCUT2D eigenvalue weighted by Crippen LogP contribution is -2.48. The van der Waals surface area contributed by atoms with Crippen LogP contribution in [-0.4, -0.2) is 54.7 Å². The summed E-state index contributed by atoms with van der Waals surface area (Å²) in [7, 11) is 0. The van der Waals surface area contributed by atoms with Crippen LogP contribution in [0.1, 0.15) is 6.42 Å². The molecule has 21 heavy (non-hydrogen) atoms. The largest absolute Gasteiger partial charge is 0.493 e. The Bertz CT molecular complexity index is 439. The van der Waals surface area contributed by atoms with Crippen LogP contribution in [0.25, 0.3) is 0 Å². The molecule has 0 bridgehead atoms. The molecule has 3 N–H and O–H groups in total. The second-order valence-corrected chi connectivity index (χ2v) is 5.07. The maximum atomic E-state index is 11.7. The fraction of sp³-hybridized carbons (Fsp3) is 0.533. The van der Waals surface area contributed by atoms with Crippen LogP contribution in [0.4, 0.5) is 0 Å². The van der Waals surface area contributed by atoms with Crippen molar-refractivity contribution in [3.8, 4) is 5.75 Å². The molecule has 1 amide bonds. The molecule has 116 valence electrons. The second-order valence-electron chi connectivity index (χ2n) is 5.07. The van der Waals surface area contributed by atoms with E-state index in [4.69, 9.17) is 9.47 Å². The summed E-state index contributed by atoms with van der Waals surface area (Å²) in [5, 5.41) is 22.0. The molecule has 1 heterocycles. The van der Waals surface area contributed by atoms with Gasteiger partial charge >= 0.3 is 0 Å². The number of benzene rings is 1. The van der Waals surface area contributed by atoms with E-state index in [2.05, 4.69) is 5.32 Å². The molecular formula is C15H21NO5. The molecule has 0 aliphatic carbocycles. The molecule has 0 aromatic heterocycles. The average molecular weight is 295 g/mol. The van der Waals surface area contributed by atoms with Gasteiger partial charge in [0.2, 0.25) is 5.91 Å². The van der Waals surface area contributed by atoms with Crippen LogP contribution in [-0.2, 0) is 9.53 Å². The SMILES string of the molecule is O=C(CCOc1ccccc1)NC[C@@H]1COC[C@@H](O)[C@H]1O. The van der Waals surface area contributed by atoms with Gasteiger partial charge in [0, 0.05) is 12.5 Å². The summed E-state index contributed by atoms with van der Waals surface area (Å²) in [5.41, 5.74) is 0. The van der Waals surface area contributed by atoms with Crippen molar-refractivity contribution < 1.29 is 24.5 Å². The van der Waals surface area contributed by atoms with Crippen molar-refractivity contribution in [2.75, 3.05) is 26.4 Å². The number of aliphatic hydroxyl groups excluding tert-OH is 2. The van der Waals surface area contributed by atoms with Crippen molar-refractivity contribution in [3.05, 3.63) is 30.3 Å². The molecule has 1 aliphatic rings. The normalized spacial score (nSPS) is 25.3. The van der Waals surface area contributed by atoms with Gasteiger partial charge in [0.15, 0.2) is 0 Å². The third-order valence-electron chi connectivity index (χ3n) is 3.40. The van der Waals surface area contributed by atoms with Crippen molar-refractivity contribution in [2.24, 2.45) is 5.92 Å². The third-order valence-corrected chi connectivity index (χ3v) is 3.40. The van der Waals surface area contributed by atoms with Crippen LogP contribution in [0.2, 0.25) is 0 Å². The monoisotopic (exact) mass is 295 g/mol. The molecule has 1 saturated heterocycles. The number of nitrogens with one attached hydrogen (secondary N) is 1. The van der Waals surface area contributed by atoms with Gasteiger partial charge in [-0.25, -0.2) is 0 Å². The Morgan fingerprint density at radius 2 is 2.05 bits per heavy atom. The highest BCUT2D eigenvalue weighted by molar-refractivity contribution is 5.75. The Kier molecular flexibility index (Phi) is 5.98. The first-order valence-electron chi connectivity index (χ1n) is 7.05. The van der Waals surface area contributed by atoms with Crippen LogP contribution >= 0.6 is 0 Å². The summed E-state index contributed by atoms with van der Waals surface area (Å²) in [5.74, 6) is 0.287. The number of rotatable bonds is 6. The van der Waals surface area contributed by atoms with Gasteiger partial charge in [-0.3, -0.25) is 4.79 Å². The molecule has 1 fully saturated rings. The highest BCUT2D eigenvalue weighted by Crippen LogP contribution is 2.14. The Morgan fingerprint density at radius 3 is 2.81 bits per heavy atom. The van der Waals surface area contributed by atoms with E-state index in [1.165, 1.54) is 0 Å². The highest BCUT2D eigenvalue weighted by atomic mass is 16.5. The number of ether oxygens (including phenoxy) is 2. The van der Waals surface area contributed by atoms with E-state index in [-0.39, 0.29) is 31.4 Å². The maximum absolute atomic E-state index is 11.7. The fourth-order valence-electron chi connectivity index (χ4n) is 2.14. The molecule has 6 nitrogen and oxygen atoms in total. The number of carbonyl (C=O) groups excluding carboxylic acids is 1. The van der Waals surface area contributed by atoms with Crippen molar-refractivity contribution in [1.82, 2.24) is 5.32 Å². The molecule has 0 saturated carbocycles. The highest BCUT2D eigenvalue weighted by Gasteiger charge is 2.31. The third kappa shape index (κ3) is 5.00. The van der Waals surface area contributed by atoms with Crippen LogP contribution in [0.5, 0.6) is 5.75 Å². The van der Waals surface area contributed by atoms with Crippen molar-refractivity contribution in [2.45, 2.75) is 18.6 Å². The predicted octanol–water partition coefficient (Wildman–Crippen LogP) is -0.0601. The number of hydrogen-bond acceptors (Lipinski definition) is 5. The van der Waals surface area contributed by atoms with Gasteiger partial charge in [-0.2, -0.15) is 0 Å². The molecule has 0 spiro atoms. The first-order chi connectivity index (χ1) is 10.2. The molecule has 1 aromatic rings. The zero-order valence-electron chi connectivity index (χ0n) is 11.8. The minimum Gasteiger partial charge on any atom is -0.493 e. The van der Waals surface area contributed by atoms with Gasteiger partial charge in [-0.1, -0.05) is 18.2 Å². The molecule has 3 atom stereocenters. The van der Waals surface area contributed by atoms with Gasteiger partial charge in [0.1, 0.15) is 11.9 Å². The van der Waals surface area contributed by atoms with E-state index < -0.39 is 12.2 Å². The Balaban J connectivity index is 1.63. The summed E-state index contributed by atoms with van der Waals surface area (Å²) >= 11 is 0. The molecular weight excluding hydrogens is 274 g/mol. The summed E-state index contributed by atoms with van der Waals surface area (Å²) in [6, 6.07) is 9.28. The smallest absolute Gasteiger partial charge is 0.223 e. The zero-order chi connectivity index (χ0) is 15.1. The Hall–Kier alpha value is -1.63. The lowest BCUT2D eigenvalue weighted by Gasteiger charge is -2.31. The van der Waals surface area contributed by atoms with Crippen LogP contribution in [0.15, 0.2) is 30.3 Å². The number of carbonyl (C=O) groups is 1. The van der Waals surface area contributed by atoms with Gasteiger partial charge in [0.25, 0.3) is 0 Å². The Morgan fingerprint density at radius 1 is 1.29 bits per heavy atom. The summed E-state index contributed by atoms with van der Waals surface area (Å²) in [6.45, 7) is 1.04. The molecule has 0 unspecified atom stereocenters. The minimum absolute atomic E-state index is 0.135. The second kappa shape index (κ2) is 7.97. The lowest BCUT2D eigenvalue weighted by atomic mass is 9.96. The first-order valence-corrected chi connectivity index (χ1v) is 7.05. The van der Waals surface area contributed by atoms with Gasteiger partial charge in [-0.15, -0.1) is 0 Å². The van der Waals surface area contributed by atoms with Crippen molar-refractivity contribution in [1.29, 1.82) is 0 Å². The number of amides is 1. The predicted molar refractivity (Wildman–Crippen MR) is 75.9 cm³/mol. The molecule has 6 heteroatoms. The summed E-state index contributed by atoms with van der Waals surface area (Å²) in [4.78, 5) is 11.7. The fourth-order valence-corrected chi connectivity index (χ4v) is 2.14. The average Bonchev–Trinajstić information content (AvgIpc) is 2.50. The van der Waals surface area contributed by atoms with Gasteiger partial charge in [-0.05, 0) is 12.1 Å². The van der Waals surface area contributed by atoms with Crippen molar-refractivity contribution in [3.63, 3.8) is 0 Å². The lowest BCUT2D eigenvalue weighted by molar-refractivity contribution is -0.128. The zero-order valence-corrected chi connectivity index (χ0v) is 11.8. The van der Waals surface area contributed by atoms with Gasteiger partial charge < -0.3 is 25.0 Å². The molecule has 2 rings (SSSR count). The van der Waals surface area contributed by atoms with Gasteiger partial charge in [0.05, 0.1) is 32.3 Å². The van der Waals surface area contributed by atoms with E-state index in [1.54, 1.807) is 0 Å². The summed E-state index contributed by atoms with van der Waals surface area (Å²) in [6.07, 6.45) is -1.51. The molecule has 1 aromatic carbocycles. The topological polar surface area (TPSA) is 88.0 Å². The number of para-hydroxylation sites is 1. The Labute approximate surface area is 123 Å². The van der Waals surface area contributed by atoms with E-state index in [0.717, 1.165) is 5.75 Å². The van der Waals surface area contributed by atoms with Crippen LogP contribution in [0.3, 0.4) is 0 Å². The quantitative estimate of drug-likeness (QED) is 0.684. The maximum Gasteiger partial charge on any atom is 0.223 e. The first kappa shape index (κ1) is 15.8. The molecule has 1 aliphatic heterocycles. The van der Waals surface area contributed by atoms with Crippen LogP contribution in [0, 0.1) is 5.92 Å². The van der Waals surface area contributed by atoms with E-state index in [9.17, 15) is 15.0 Å². The number of aliphatic hydroxyl groups is 2. The van der Waals surface area contributed by atoms with E-state index in [0.29, 0.717) is 13.2 Å². The number of hydrogen-bond donors (Lipinski definition) is 3. The minimum atomic E-state index is -0.887. The van der Waals surface area contributed by atoms with Crippen molar-refractivity contribution >= 4 is 5.91 Å².